The van der Waals surface area contributed by atoms with E-state index in [1.807, 2.05) is 24.3 Å². The topological polar surface area (TPSA) is 104 Å². The second-order valence-electron chi connectivity index (χ2n) is 7.47. The zero-order valence-electron chi connectivity index (χ0n) is 16.0. The number of nitrogens with zero attached hydrogens (tertiary/aromatic N) is 1. The van der Waals surface area contributed by atoms with Crippen molar-refractivity contribution >= 4 is 32.9 Å². The van der Waals surface area contributed by atoms with Crippen molar-refractivity contribution in [1.29, 1.82) is 0 Å². The van der Waals surface area contributed by atoms with Crippen molar-refractivity contribution < 1.29 is 13.2 Å². The fourth-order valence-corrected chi connectivity index (χ4v) is 4.91. The molecule has 1 heterocycles. The maximum atomic E-state index is 12.6. The van der Waals surface area contributed by atoms with E-state index >= 15 is 0 Å². The van der Waals surface area contributed by atoms with Crippen LogP contribution in [0.3, 0.4) is 0 Å². The molecule has 3 N–H and O–H groups in total. The number of amides is 1. The number of aromatic amines is 1. The van der Waals surface area contributed by atoms with E-state index in [9.17, 15) is 13.2 Å². The summed E-state index contributed by atoms with van der Waals surface area (Å²) < 4.78 is 27.4. The second kappa shape index (κ2) is 8.34. The number of fused-ring (bicyclic) bond motifs is 1. The number of carbonyl (C=O) groups excluding carboxylic acids is 1. The molecule has 29 heavy (non-hydrogen) atoms. The summed E-state index contributed by atoms with van der Waals surface area (Å²) in [5, 5.41) is 2.88. The van der Waals surface area contributed by atoms with Crippen molar-refractivity contribution in [3.05, 3.63) is 54.6 Å². The molecule has 1 aliphatic carbocycles. The molecule has 0 aliphatic heterocycles. The Labute approximate surface area is 170 Å². The van der Waals surface area contributed by atoms with Gasteiger partial charge in [-0.25, -0.2) is 18.1 Å². The molecule has 2 aromatic carbocycles. The molecule has 1 saturated carbocycles. The first-order valence-electron chi connectivity index (χ1n) is 9.81. The van der Waals surface area contributed by atoms with Crippen molar-refractivity contribution in [1.82, 2.24) is 14.7 Å². The Balaban J connectivity index is 1.27. The third-order valence-electron chi connectivity index (χ3n) is 5.46. The molecule has 0 spiro atoms. The Hall–Kier alpha value is -2.71. The minimum absolute atomic E-state index is 0.0348. The van der Waals surface area contributed by atoms with E-state index in [1.54, 1.807) is 30.3 Å². The van der Waals surface area contributed by atoms with Gasteiger partial charge in [0.05, 0.1) is 15.9 Å². The molecule has 8 heteroatoms. The zero-order valence-corrected chi connectivity index (χ0v) is 16.8. The lowest BCUT2D eigenvalue weighted by Gasteiger charge is -2.27. The number of aromatic nitrogens is 2. The van der Waals surface area contributed by atoms with Gasteiger partial charge in [-0.05, 0) is 55.9 Å². The zero-order chi connectivity index (χ0) is 20.3. The van der Waals surface area contributed by atoms with E-state index in [2.05, 4.69) is 20.0 Å². The van der Waals surface area contributed by atoms with E-state index in [-0.39, 0.29) is 22.6 Å². The third-order valence-corrected chi connectivity index (χ3v) is 6.90. The van der Waals surface area contributed by atoms with E-state index in [0.717, 1.165) is 36.7 Å². The predicted octanol–water partition coefficient (Wildman–Crippen LogP) is 3.29. The Morgan fingerprint density at radius 3 is 2.41 bits per heavy atom. The Kier molecular flexibility index (Phi) is 5.64. The Morgan fingerprint density at radius 1 is 1.00 bits per heavy atom. The van der Waals surface area contributed by atoms with Gasteiger partial charge in [-0.15, -0.1) is 0 Å². The third kappa shape index (κ3) is 4.65. The second-order valence-corrected chi connectivity index (χ2v) is 9.24. The maximum Gasteiger partial charge on any atom is 0.240 e. The first-order valence-corrected chi connectivity index (χ1v) is 11.3. The molecule has 0 atom stereocenters. The smallest absolute Gasteiger partial charge is 0.240 e. The number of anilines is 1. The highest BCUT2D eigenvalue weighted by atomic mass is 32.2. The van der Waals surface area contributed by atoms with Crippen molar-refractivity contribution in [2.75, 3.05) is 11.9 Å². The summed E-state index contributed by atoms with van der Waals surface area (Å²) in [5.74, 6) is 0.593. The van der Waals surface area contributed by atoms with Gasteiger partial charge in [-0.2, -0.15) is 0 Å². The van der Waals surface area contributed by atoms with Gasteiger partial charge in [0.2, 0.25) is 21.9 Å². The lowest BCUT2D eigenvalue weighted by atomic mass is 9.81. The van der Waals surface area contributed by atoms with E-state index in [1.165, 1.54) is 0 Å². The monoisotopic (exact) mass is 412 g/mol. The molecule has 1 aromatic heterocycles. The number of nitrogens with one attached hydrogen (secondary N) is 3. The molecule has 0 bridgehead atoms. The molecular weight excluding hydrogens is 388 g/mol. The van der Waals surface area contributed by atoms with Crippen LogP contribution in [0.2, 0.25) is 0 Å². The molecule has 1 aliphatic rings. The highest BCUT2D eigenvalue weighted by molar-refractivity contribution is 7.89. The lowest BCUT2D eigenvalue weighted by Crippen LogP contribution is -2.33. The van der Waals surface area contributed by atoms with Crippen LogP contribution in [-0.4, -0.2) is 30.8 Å². The van der Waals surface area contributed by atoms with Crippen LogP contribution in [-0.2, 0) is 14.8 Å². The first kappa shape index (κ1) is 19.6. The number of benzene rings is 2. The van der Waals surface area contributed by atoms with Crippen LogP contribution in [0.4, 0.5) is 5.95 Å². The van der Waals surface area contributed by atoms with Crippen molar-refractivity contribution in [2.24, 2.45) is 11.8 Å². The van der Waals surface area contributed by atoms with Crippen LogP contribution < -0.4 is 10.0 Å². The van der Waals surface area contributed by atoms with Gasteiger partial charge in [0.1, 0.15) is 0 Å². The normalized spacial score (nSPS) is 19.9. The van der Waals surface area contributed by atoms with Crippen LogP contribution in [0.1, 0.15) is 25.7 Å². The number of rotatable bonds is 6. The molecule has 0 unspecified atom stereocenters. The maximum absolute atomic E-state index is 12.6. The van der Waals surface area contributed by atoms with Gasteiger partial charge in [0, 0.05) is 12.5 Å². The fraction of sp³-hybridized carbons (Fsp3) is 0.333. The Bertz CT molecular complexity index is 1050. The van der Waals surface area contributed by atoms with E-state index in [0.29, 0.717) is 12.5 Å². The highest BCUT2D eigenvalue weighted by Gasteiger charge is 2.27. The number of hydrogen-bond donors (Lipinski definition) is 3. The standard InChI is InChI=1S/C21H24N4O3S/c26-20(25-21-23-18-8-4-5-9-19(18)24-21)16-12-10-15(11-13-16)14-22-29(27,28)17-6-2-1-3-7-17/h1-9,15-16,22H,10-14H2,(H2,23,24,25,26). The molecule has 4 rings (SSSR count). The van der Waals surface area contributed by atoms with E-state index in [4.69, 9.17) is 0 Å². The van der Waals surface area contributed by atoms with Crippen LogP contribution in [0.5, 0.6) is 0 Å². The molecule has 1 amide bonds. The van der Waals surface area contributed by atoms with Gasteiger partial charge < -0.3 is 4.98 Å². The van der Waals surface area contributed by atoms with E-state index < -0.39 is 10.0 Å². The van der Waals surface area contributed by atoms with Gasteiger partial charge in [0.25, 0.3) is 0 Å². The molecule has 3 aromatic rings. The number of imidazole rings is 1. The molecule has 152 valence electrons. The number of sulfonamides is 1. The fourth-order valence-electron chi connectivity index (χ4n) is 3.77. The first-order chi connectivity index (χ1) is 14.0. The summed E-state index contributed by atoms with van der Waals surface area (Å²) in [6.45, 7) is 0.398. The summed E-state index contributed by atoms with van der Waals surface area (Å²) in [6.07, 6.45) is 3.11. The number of hydrogen-bond acceptors (Lipinski definition) is 4. The quantitative estimate of drug-likeness (QED) is 0.578. The van der Waals surface area contributed by atoms with Gasteiger partial charge in [-0.1, -0.05) is 30.3 Å². The number of carbonyl (C=O) groups is 1. The van der Waals surface area contributed by atoms with Crippen LogP contribution >= 0.6 is 0 Å². The summed E-state index contributed by atoms with van der Waals surface area (Å²) >= 11 is 0. The lowest BCUT2D eigenvalue weighted by molar-refractivity contribution is -0.121. The van der Waals surface area contributed by atoms with Crippen LogP contribution in [0.15, 0.2) is 59.5 Å². The van der Waals surface area contributed by atoms with Crippen molar-refractivity contribution in [3.8, 4) is 0 Å². The largest absolute Gasteiger partial charge is 0.324 e. The van der Waals surface area contributed by atoms with Crippen molar-refractivity contribution in [2.45, 2.75) is 30.6 Å². The highest BCUT2D eigenvalue weighted by Crippen LogP contribution is 2.29. The molecule has 0 radical (unpaired) electrons. The minimum atomic E-state index is -3.48. The number of para-hydroxylation sites is 2. The average molecular weight is 413 g/mol. The van der Waals surface area contributed by atoms with Crippen LogP contribution in [0.25, 0.3) is 11.0 Å². The molecule has 1 fully saturated rings. The van der Waals surface area contributed by atoms with Gasteiger partial charge in [0.15, 0.2) is 0 Å². The minimum Gasteiger partial charge on any atom is -0.324 e. The van der Waals surface area contributed by atoms with Crippen LogP contribution in [0, 0.1) is 11.8 Å². The van der Waals surface area contributed by atoms with Gasteiger partial charge in [-0.3, -0.25) is 10.1 Å². The number of H-pyrrole nitrogens is 1. The molecular formula is C21H24N4O3S. The summed E-state index contributed by atoms with van der Waals surface area (Å²) in [4.78, 5) is 20.3. The van der Waals surface area contributed by atoms with Crippen molar-refractivity contribution in [3.63, 3.8) is 0 Å². The predicted molar refractivity (Wildman–Crippen MR) is 112 cm³/mol. The summed E-state index contributed by atoms with van der Waals surface area (Å²) in [6, 6.07) is 16.0. The molecule has 0 saturated heterocycles. The summed E-state index contributed by atoms with van der Waals surface area (Å²) in [7, 11) is -3.48. The summed E-state index contributed by atoms with van der Waals surface area (Å²) in [5.41, 5.74) is 1.70. The Morgan fingerprint density at radius 2 is 1.69 bits per heavy atom. The SMILES string of the molecule is O=C(Nc1nc2ccccc2[nH]1)C1CCC(CNS(=O)(=O)c2ccccc2)CC1. The molecule has 7 nitrogen and oxygen atoms in total. The average Bonchev–Trinajstić information content (AvgIpc) is 3.15. The van der Waals surface area contributed by atoms with Gasteiger partial charge >= 0.3 is 0 Å².